The van der Waals surface area contributed by atoms with E-state index in [9.17, 15) is 9.59 Å². The summed E-state index contributed by atoms with van der Waals surface area (Å²) in [5.74, 6) is -0.351. The van der Waals surface area contributed by atoms with Gasteiger partial charge in [-0.1, -0.05) is 44.2 Å². The summed E-state index contributed by atoms with van der Waals surface area (Å²) in [7, 11) is 0. The summed E-state index contributed by atoms with van der Waals surface area (Å²) in [6.07, 6.45) is 0.842. The lowest BCUT2D eigenvalue weighted by molar-refractivity contribution is 0.0526. The van der Waals surface area contributed by atoms with Gasteiger partial charge in [-0.05, 0) is 98.2 Å². The third kappa shape index (κ3) is 5.62. The minimum absolute atomic E-state index is 0.0688. The number of carbonyl (C=O) groups is 2. The Labute approximate surface area is 214 Å². The first-order valence-corrected chi connectivity index (χ1v) is 12.6. The minimum atomic E-state index is -0.283. The molecule has 3 aromatic rings. The molecule has 0 aliphatic carbocycles. The van der Waals surface area contributed by atoms with Crippen molar-refractivity contribution in [3.8, 4) is 11.1 Å². The molecule has 1 aliphatic rings. The average molecular weight is 485 g/mol. The van der Waals surface area contributed by atoms with Crippen LogP contribution in [0.1, 0.15) is 79.4 Å². The molecule has 5 nitrogen and oxygen atoms in total. The molecule has 1 heterocycles. The van der Waals surface area contributed by atoms with Crippen LogP contribution in [0.5, 0.6) is 0 Å². The Kier molecular flexibility index (Phi) is 6.94. The van der Waals surface area contributed by atoms with Gasteiger partial charge < -0.3 is 15.4 Å². The van der Waals surface area contributed by atoms with Crippen molar-refractivity contribution in [1.82, 2.24) is 5.32 Å². The van der Waals surface area contributed by atoms with Gasteiger partial charge in [0, 0.05) is 16.8 Å². The van der Waals surface area contributed by atoms with Crippen LogP contribution in [-0.2, 0) is 11.2 Å². The smallest absolute Gasteiger partial charge is 0.338 e. The van der Waals surface area contributed by atoms with Gasteiger partial charge in [0.2, 0.25) is 0 Å². The maximum absolute atomic E-state index is 12.5. The average Bonchev–Trinajstić information content (AvgIpc) is 2.82. The molecule has 0 spiro atoms. The Bertz CT molecular complexity index is 1270. The van der Waals surface area contributed by atoms with Gasteiger partial charge in [-0.2, -0.15) is 0 Å². The van der Waals surface area contributed by atoms with Crippen molar-refractivity contribution in [2.45, 2.75) is 59.5 Å². The number of hydrogen-bond donors (Lipinski definition) is 2. The van der Waals surface area contributed by atoms with Crippen LogP contribution in [0.15, 0.2) is 66.7 Å². The third-order valence-electron chi connectivity index (χ3n) is 6.53. The van der Waals surface area contributed by atoms with E-state index in [-0.39, 0.29) is 28.9 Å². The van der Waals surface area contributed by atoms with Crippen LogP contribution in [-0.4, -0.2) is 24.0 Å². The first-order chi connectivity index (χ1) is 17.0. The van der Waals surface area contributed by atoms with Crippen LogP contribution in [0.25, 0.3) is 11.1 Å². The number of esters is 1. The predicted octanol–water partition coefficient (Wildman–Crippen LogP) is 6.79. The van der Waals surface area contributed by atoms with Gasteiger partial charge in [-0.25, -0.2) is 4.79 Å². The first-order valence-electron chi connectivity index (χ1n) is 12.6. The van der Waals surface area contributed by atoms with E-state index in [0.717, 1.165) is 28.8 Å². The van der Waals surface area contributed by atoms with E-state index in [2.05, 4.69) is 48.7 Å². The van der Waals surface area contributed by atoms with E-state index in [0.29, 0.717) is 17.7 Å². The predicted molar refractivity (Wildman–Crippen MR) is 145 cm³/mol. The van der Waals surface area contributed by atoms with Crippen LogP contribution < -0.4 is 10.6 Å². The SMILES string of the molecule is CCOC(=O)c1ccc2c(c1)CC(C)(C)C(c1cccc(-c3ccc(C(=O)NC(C)(C)C)cc3)c1)N2. The zero-order valence-electron chi connectivity index (χ0n) is 22.1. The lowest BCUT2D eigenvalue weighted by Crippen LogP contribution is -2.40. The minimum Gasteiger partial charge on any atom is -0.462 e. The fourth-order valence-corrected chi connectivity index (χ4v) is 4.83. The molecular weight excluding hydrogens is 448 g/mol. The van der Waals surface area contributed by atoms with Crippen molar-refractivity contribution in [3.63, 3.8) is 0 Å². The summed E-state index contributed by atoms with van der Waals surface area (Å²) >= 11 is 0. The van der Waals surface area contributed by atoms with Crippen LogP contribution in [0, 0.1) is 5.41 Å². The van der Waals surface area contributed by atoms with Gasteiger partial charge in [-0.3, -0.25) is 4.79 Å². The molecule has 3 aromatic carbocycles. The lowest BCUT2D eigenvalue weighted by atomic mass is 9.72. The number of ether oxygens (including phenoxy) is 1. The van der Waals surface area contributed by atoms with Gasteiger partial charge in [0.05, 0.1) is 18.2 Å². The van der Waals surface area contributed by atoms with Crippen molar-refractivity contribution < 1.29 is 14.3 Å². The summed E-state index contributed by atoms with van der Waals surface area (Å²) in [6.45, 7) is 12.6. The molecule has 36 heavy (non-hydrogen) atoms. The van der Waals surface area contributed by atoms with Crippen molar-refractivity contribution in [1.29, 1.82) is 0 Å². The van der Waals surface area contributed by atoms with Crippen LogP contribution in [0.3, 0.4) is 0 Å². The standard InChI is InChI=1S/C31H36N2O3/c1-7-36-29(35)24-15-16-26-25(18-24)19-31(5,6)27(32-26)23-10-8-9-22(17-23)20-11-13-21(14-12-20)28(34)33-30(2,3)4/h8-18,27,32H,7,19H2,1-6H3,(H,33,34). The third-order valence-corrected chi connectivity index (χ3v) is 6.53. The quantitative estimate of drug-likeness (QED) is 0.391. The fourth-order valence-electron chi connectivity index (χ4n) is 4.83. The number of amides is 1. The Morgan fingerprint density at radius 3 is 2.33 bits per heavy atom. The van der Waals surface area contributed by atoms with Crippen LogP contribution in [0.4, 0.5) is 5.69 Å². The molecule has 1 aliphatic heterocycles. The highest BCUT2D eigenvalue weighted by Crippen LogP contribution is 2.45. The summed E-state index contributed by atoms with van der Waals surface area (Å²) in [6, 6.07) is 22.2. The molecule has 0 fully saturated rings. The second-order valence-electron chi connectivity index (χ2n) is 11.2. The summed E-state index contributed by atoms with van der Waals surface area (Å²) < 4.78 is 5.18. The number of nitrogens with one attached hydrogen (secondary N) is 2. The highest BCUT2D eigenvalue weighted by Gasteiger charge is 2.36. The molecule has 4 rings (SSSR count). The molecule has 0 aromatic heterocycles. The molecule has 0 saturated heterocycles. The molecule has 188 valence electrons. The van der Waals surface area contributed by atoms with Gasteiger partial charge in [-0.15, -0.1) is 0 Å². The van der Waals surface area contributed by atoms with Crippen LogP contribution >= 0.6 is 0 Å². The molecule has 0 radical (unpaired) electrons. The fraction of sp³-hybridized carbons (Fsp3) is 0.355. The maximum atomic E-state index is 12.5. The zero-order valence-corrected chi connectivity index (χ0v) is 22.1. The Morgan fingerprint density at radius 1 is 0.972 bits per heavy atom. The van der Waals surface area contributed by atoms with Gasteiger partial charge >= 0.3 is 5.97 Å². The normalized spacial score (nSPS) is 16.4. The van der Waals surface area contributed by atoms with E-state index in [4.69, 9.17) is 4.74 Å². The van der Waals surface area contributed by atoms with E-state index in [1.54, 1.807) is 0 Å². The summed E-state index contributed by atoms with van der Waals surface area (Å²) in [5.41, 5.74) is 6.44. The molecule has 0 saturated carbocycles. The molecular formula is C31H36N2O3. The molecule has 5 heteroatoms. The maximum Gasteiger partial charge on any atom is 0.338 e. The number of benzene rings is 3. The van der Waals surface area contributed by atoms with Gasteiger partial charge in [0.25, 0.3) is 5.91 Å². The largest absolute Gasteiger partial charge is 0.462 e. The topological polar surface area (TPSA) is 67.4 Å². The molecule has 1 amide bonds. The number of rotatable bonds is 5. The molecule has 1 unspecified atom stereocenters. The summed E-state index contributed by atoms with van der Waals surface area (Å²) in [4.78, 5) is 24.7. The van der Waals surface area contributed by atoms with Crippen molar-refractivity contribution in [2.75, 3.05) is 11.9 Å². The second kappa shape index (κ2) is 9.81. The van der Waals surface area contributed by atoms with Gasteiger partial charge in [0.15, 0.2) is 0 Å². The Morgan fingerprint density at radius 2 is 1.67 bits per heavy atom. The zero-order chi connectivity index (χ0) is 26.1. The Hall–Kier alpha value is -3.60. The Balaban J connectivity index is 1.58. The lowest BCUT2D eigenvalue weighted by Gasteiger charge is -2.41. The van der Waals surface area contributed by atoms with Crippen molar-refractivity contribution in [2.24, 2.45) is 5.41 Å². The second-order valence-corrected chi connectivity index (χ2v) is 11.2. The van der Waals surface area contributed by atoms with Crippen molar-refractivity contribution >= 4 is 17.6 Å². The highest BCUT2D eigenvalue weighted by molar-refractivity contribution is 5.95. The number of carbonyl (C=O) groups excluding carboxylic acids is 2. The van der Waals surface area contributed by atoms with E-state index in [1.807, 2.05) is 70.2 Å². The van der Waals surface area contributed by atoms with E-state index < -0.39 is 0 Å². The number of hydrogen-bond acceptors (Lipinski definition) is 4. The highest BCUT2D eigenvalue weighted by atomic mass is 16.5. The molecule has 2 N–H and O–H groups in total. The van der Waals surface area contributed by atoms with E-state index >= 15 is 0 Å². The summed E-state index contributed by atoms with van der Waals surface area (Å²) in [5, 5.41) is 6.73. The van der Waals surface area contributed by atoms with Crippen molar-refractivity contribution in [3.05, 3.63) is 89.0 Å². The first kappa shape index (κ1) is 25.5. The molecule has 1 atom stereocenters. The monoisotopic (exact) mass is 484 g/mol. The van der Waals surface area contributed by atoms with Crippen LogP contribution in [0.2, 0.25) is 0 Å². The van der Waals surface area contributed by atoms with Gasteiger partial charge in [0.1, 0.15) is 0 Å². The van der Waals surface area contributed by atoms with E-state index in [1.165, 1.54) is 5.56 Å². The number of anilines is 1. The number of fused-ring (bicyclic) bond motifs is 1. The molecule has 0 bridgehead atoms.